The summed E-state index contributed by atoms with van der Waals surface area (Å²) in [5.41, 5.74) is 0. The summed E-state index contributed by atoms with van der Waals surface area (Å²) in [7, 11) is 0. The second kappa shape index (κ2) is 40.7. The molecule has 1 heteroatoms. The van der Waals surface area contributed by atoms with Gasteiger partial charge in [-0.1, -0.05) is 213 Å². The Labute approximate surface area is 281 Å². The van der Waals surface area contributed by atoms with Crippen molar-refractivity contribution in [3.05, 3.63) is 12.2 Å². The molecule has 0 aromatic heterocycles. The molecule has 264 valence electrons. The standard InChI is InChI=1S/C43H87N/c1-4-7-10-13-16-19-21-23-24-25-26-28-31-34-37-40-43-44(41-38-35-32-29-18-15-12-9-6-3)42-39-36-33-30-27-22-20-17-14-11-8-5-2/h23-24H,4-22,25-43H2,1-3H3. The van der Waals surface area contributed by atoms with Gasteiger partial charge in [0.05, 0.1) is 0 Å². The Kier molecular flexibility index (Phi) is 40.4. The minimum Gasteiger partial charge on any atom is -0.303 e. The summed E-state index contributed by atoms with van der Waals surface area (Å²) in [5.74, 6) is 0. The molecule has 0 bridgehead atoms. The minimum absolute atomic E-state index is 1.31. The lowest BCUT2D eigenvalue weighted by Gasteiger charge is -2.22. The Morgan fingerprint density at radius 1 is 0.250 bits per heavy atom. The first-order valence-electron chi connectivity index (χ1n) is 21.2. The quantitative estimate of drug-likeness (QED) is 0.0490. The molecular weight excluding hydrogens is 530 g/mol. The van der Waals surface area contributed by atoms with E-state index in [0.717, 1.165) is 0 Å². The van der Waals surface area contributed by atoms with E-state index in [1.165, 1.54) is 244 Å². The molecule has 0 aromatic rings. The molecule has 0 heterocycles. The average Bonchev–Trinajstić information content (AvgIpc) is 3.03. The Bertz CT molecular complexity index is 511. The van der Waals surface area contributed by atoms with Gasteiger partial charge in [0, 0.05) is 0 Å². The van der Waals surface area contributed by atoms with Crippen LogP contribution in [-0.4, -0.2) is 24.5 Å². The van der Waals surface area contributed by atoms with E-state index in [1.807, 2.05) is 0 Å². The number of unbranched alkanes of at least 4 members (excludes halogenated alkanes) is 31. The van der Waals surface area contributed by atoms with E-state index in [2.05, 4.69) is 37.8 Å². The summed E-state index contributed by atoms with van der Waals surface area (Å²) in [6, 6.07) is 0. The normalized spacial score (nSPS) is 11.9. The fraction of sp³-hybridized carbons (Fsp3) is 0.953. The Morgan fingerprint density at radius 3 is 0.705 bits per heavy atom. The van der Waals surface area contributed by atoms with Crippen molar-refractivity contribution in [2.24, 2.45) is 0 Å². The van der Waals surface area contributed by atoms with Crippen LogP contribution < -0.4 is 0 Å². The first-order chi connectivity index (χ1) is 21.8. The van der Waals surface area contributed by atoms with Crippen LogP contribution in [0.1, 0.15) is 245 Å². The summed E-state index contributed by atoms with van der Waals surface area (Å²) in [4.78, 5) is 2.85. The van der Waals surface area contributed by atoms with Crippen LogP contribution in [0, 0.1) is 0 Å². The number of nitrogens with zero attached hydrogens (tertiary/aromatic N) is 1. The highest BCUT2D eigenvalue weighted by atomic mass is 15.1. The highest BCUT2D eigenvalue weighted by molar-refractivity contribution is 4.81. The minimum atomic E-state index is 1.31. The highest BCUT2D eigenvalue weighted by Gasteiger charge is 2.05. The van der Waals surface area contributed by atoms with Crippen molar-refractivity contribution in [1.82, 2.24) is 4.90 Å². The molecular formula is C43H87N. The predicted molar refractivity (Wildman–Crippen MR) is 204 cm³/mol. The maximum absolute atomic E-state index is 2.85. The maximum atomic E-state index is 2.85. The van der Waals surface area contributed by atoms with E-state index >= 15 is 0 Å². The maximum Gasteiger partial charge on any atom is -0.00187 e. The third-order valence-corrected chi connectivity index (χ3v) is 9.89. The van der Waals surface area contributed by atoms with Gasteiger partial charge in [-0.3, -0.25) is 0 Å². The van der Waals surface area contributed by atoms with Gasteiger partial charge in [0.15, 0.2) is 0 Å². The smallest absolute Gasteiger partial charge is 0.00187 e. The molecule has 0 aliphatic heterocycles. The van der Waals surface area contributed by atoms with Crippen molar-refractivity contribution in [2.75, 3.05) is 19.6 Å². The van der Waals surface area contributed by atoms with Crippen molar-refractivity contribution >= 4 is 0 Å². The molecule has 0 saturated carbocycles. The Hall–Kier alpha value is -0.300. The van der Waals surface area contributed by atoms with Gasteiger partial charge in [-0.25, -0.2) is 0 Å². The summed E-state index contributed by atoms with van der Waals surface area (Å²) in [6.45, 7) is 11.0. The molecule has 0 N–H and O–H groups in total. The molecule has 0 spiro atoms. The van der Waals surface area contributed by atoms with Crippen molar-refractivity contribution < 1.29 is 0 Å². The number of hydrogen-bond donors (Lipinski definition) is 0. The van der Waals surface area contributed by atoms with Crippen molar-refractivity contribution in [2.45, 2.75) is 245 Å². The summed E-state index contributed by atoms with van der Waals surface area (Å²) < 4.78 is 0. The van der Waals surface area contributed by atoms with Crippen molar-refractivity contribution in [3.8, 4) is 0 Å². The molecule has 0 amide bonds. The summed E-state index contributed by atoms with van der Waals surface area (Å²) in [5, 5.41) is 0. The lowest BCUT2D eigenvalue weighted by molar-refractivity contribution is 0.254. The molecule has 0 aromatic carbocycles. The van der Waals surface area contributed by atoms with E-state index < -0.39 is 0 Å². The van der Waals surface area contributed by atoms with Crippen molar-refractivity contribution in [1.29, 1.82) is 0 Å². The summed E-state index contributed by atoms with van der Waals surface area (Å²) in [6.07, 6.45) is 55.1. The molecule has 1 nitrogen and oxygen atoms in total. The van der Waals surface area contributed by atoms with Crippen LogP contribution in [0.4, 0.5) is 0 Å². The first-order valence-corrected chi connectivity index (χ1v) is 21.2. The number of allylic oxidation sites excluding steroid dienone is 2. The van der Waals surface area contributed by atoms with E-state index in [9.17, 15) is 0 Å². The molecule has 0 saturated heterocycles. The van der Waals surface area contributed by atoms with Crippen LogP contribution in [0.15, 0.2) is 12.2 Å². The first kappa shape index (κ1) is 43.7. The lowest BCUT2D eigenvalue weighted by Crippen LogP contribution is -2.27. The second-order valence-corrected chi connectivity index (χ2v) is 14.5. The monoisotopic (exact) mass is 618 g/mol. The van der Waals surface area contributed by atoms with Gasteiger partial charge in [-0.15, -0.1) is 0 Å². The largest absolute Gasteiger partial charge is 0.303 e. The Balaban J connectivity index is 3.89. The third-order valence-electron chi connectivity index (χ3n) is 9.89. The van der Waals surface area contributed by atoms with Gasteiger partial charge in [0.1, 0.15) is 0 Å². The zero-order chi connectivity index (χ0) is 31.9. The fourth-order valence-corrected chi connectivity index (χ4v) is 6.74. The number of rotatable bonds is 39. The molecule has 0 aliphatic rings. The lowest BCUT2D eigenvalue weighted by atomic mass is 10.0. The van der Waals surface area contributed by atoms with E-state index in [-0.39, 0.29) is 0 Å². The van der Waals surface area contributed by atoms with Gasteiger partial charge < -0.3 is 4.90 Å². The fourth-order valence-electron chi connectivity index (χ4n) is 6.74. The van der Waals surface area contributed by atoms with Gasteiger partial charge >= 0.3 is 0 Å². The molecule has 0 radical (unpaired) electrons. The Morgan fingerprint density at radius 2 is 0.455 bits per heavy atom. The van der Waals surface area contributed by atoms with Gasteiger partial charge in [0.2, 0.25) is 0 Å². The third kappa shape index (κ3) is 37.9. The molecule has 0 fully saturated rings. The molecule has 0 atom stereocenters. The topological polar surface area (TPSA) is 3.24 Å². The van der Waals surface area contributed by atoms with E-state index in [0.29, 0.717) is 0 Å². The van der Waals surface area contributed by atoms with E-state index in [1.54, 1.807) is 0 Å². The van der Waals surface area contributed by atoms with Crippen LogP contribution in [0.25, 0.3) is 0 Å². The van der Waals surface area contributed by atoms with Crippen LogP contribution >= 0.6 is 0 Å². The summed E-state index contributed by atoms with van der Waals surface area (Å²) >= 11 is 0. The molecule has 0 rings (SSSR count). The van der Waals surface area contributed by atoms with Gasteiger partial charge in [-0.05, 0) is 64.6 Å². The van der Waals surface area contributed by atoms with Crippen LogP contribution in [0.5, 0.6) is 0 Å². The predicted octanol–water partition coefficient (Wildman–Crippen LogP) is 15.6. The number of hydrogen-bond acceptors (Lipinski definition) is 1. The molecule has 0 aliphatic carbocycles. The van der Waals surface area contributed by atoms with Crippen LogP contribution in [0.2, 0.25) is 0 Å². The van der Waals surface area contributed by atoms with Crippen LogP contribution in [-0.2, 0) is 0 Å². The van der Waals surface area contributed by atoms with Crippen molar-refractivity contribution in [3.63, 3.8) is 0 Å². The van der Waals surface area contributed by atoms with Gasteiger partial charge in [0.25, 0.3) is 0 Å². The zero-order valence-corrected chi connectivity index (χ0v) is 31.5. The molecule has 44 heavy (non-hydrogen) atoms. The van der Waals surface area contributed by atoms with Crippen LogP contribution in [0.3, 0.4) is 0 Å². The van der Waals surface area contributed by atoms with Gasteiger partial charge in [-0.2, -0.15) is 0 Å². The average molecular weight is 618 g/mol. The SMILES string of the molecule is CCCCCCCCC=CCCCCCCCCN(CCCCCCCCCCC)CCCCCCCCCCCCCC. The zero-order valence-electron chi connectivity index (χ0n) is 31.5. The highest BCUT2D eigenvalue weighted by Crippen LogP contribution is 2.15. The van der Waals surface area contributed by atoms with E-state index in [4.69, 9.17) is 0 Å². The second-order valence-electron chi connectivity index (χ2n) is 14.5. The molecule has 0 unspecified atom stereocenters.